The van der Waals surface area contributed by atoms with Gasteiger partial charge in [0.2, 0.25) is 0 Å². The molecule has 0 saturated heterocycles. The molecule has 84 valence electrons. The molecule has 0 radical (unpaired) electrons. The second-order valence-corrected chi connectivity index (χ2v) is 4.53. The number of nitrogens with zero attached hydrogens (tertiary/aromatic N) is 2. The molecule has 0 fully saturated rings. The Labute approximate surface area is 94.6 Å². The van der Waals surface area contributed by atoms with Gasteiger partial charge in [0, 0.05) is 18.5 Å². The molecule has 0 aromatic carbocycles. The quantitative estimate of drug-likeness (QED) is 0.799. The highest BCUT2D eigenvalue weighted by Crippen LogP contribution is 2.08. The second kappa shape index (κ2) is 4.23. The molecule has 0 unspecified atom stereocenters. The highest BCUT2D eigenvalue weighted by molar-refractivity contribution is 6.18. The predicted octanol–water partition coefficient (Wildman–Crippen LogP) is 1.48. The largest absolute Gasteiger partial charge is 0.345 e. The summed E-state index contributed by atoms with van der Waals surface area (Å²) in [7, 11) is 1.75. The summed E-state index contributed by atoms with van der Waals surface area (Å²) in [5, 5.41) is 6.96. The molecule has 0 spiro atoms. The lowest BCUT2D eigenvalue weighted by atomic mass is 10.1. The van der Waals surface area contributed by atoms with Gasteiger partial charge in [-0.05, 0) is 26.8 Å². The molecule has 1 heterocycles. The number of halogens is 1. The minimum atomic E-state index is -0.406. The maximum atomic E-state index is 11.8. The van der Waals surface area contributed by atoms with Gasteiger partial charge in [-0.1, -0.05) is 0 Å². The van der Waals surface area contributed by atoms with Crippen LogP contribution in [0, 0.1) is 6.92 Å². The fraction of sp³-hybridized carbons (Fsp3) is 0.600. The molecule has 4 nitrogen and oxygen atoms in total. The number of hydrogen-bond donors (Lipinski definition) is 1. The molecule has 1 aromatic heterocycles. The van der Waals surface area contributed by atoms with Crippen LogP contribution in [0.4, 0.5) is 0 Å². The number of carbonyl (C=O) groups excluding carboxylic acids is 1. The summed E-state index contributed by atoms with van der Waals surface area (Å²) in [5.41, 5.74) is 0.966. The van der Waals surface area contributed by atoms with Gasteiger partial charge in [-0.2, -0.15) is 5.10 Å². The molecule has 15 heavy (non-hydrogen) atoms. The lowest BCUT2D eigenvalue weighted by Crippen LogP contribution is -2.45. The van der Waals surface area contributed by atoms with Crippen LogP contribution in [0.25, 0.3) is 0 Å². The van der Waals surface area contributed by atoms with E-state index in [2.05, 4.69) is 10.4 Å². The van der Waals surface area contributed by atoms with Crippen molar-refractivity contribution in [2.24, 2.45) is 7.05 Å². The SMILES string of the molecule is Cc1cc(C(=O)NC(C)(C)CCl)n(C)n1. The van der Waals surface area contributed by atoms with Crippen LogP contribution in [0.2, 0.25) is 0 Å². The Balaban J connectivity index is 2.82. The minimum absolute atomic E-state index is 0.149. The molecule has 1 N–H and O–H groups in total. The van der Waals surface area contributed by atoms with Crippen LogP contribution in [-0.2, 0) is 7.05 Å². The van der Waals surface area contributed by atoms with Crippen molar-refractivity contribution in [2.75, 3.05) is 5.88 Å². The third-order valence-electron chi connectivity index (χ3n) is 2.02. The molecule has 0 aliphatic carbocycles. The Morgan fingerprint density at radius 2 is 2.27 bits per heavy atom. The molecular formula is C10H16ClN3O. The fourth-order valence-electron chi connectivity index (χ4n) is 1.23. The summed E-state index contributed by atoms with van der Waals surface area (Å²) < 4.78 is 1.56. The van der Waals surface area contributed by atoms with E-state index < -0.39 is 5.54 Å². The first kappa shape index (κ1) is 12.0. The van der Waals surface area contributed by atoms with Gasteiger partial charge in [-0.15, -0.1) is 11.6 Å². The average molecular weight is 230 g/mol. The smallest absolute Gasteiger partial charge is 0.269 e. The number of carbonyl (C=O) groups is 1. The summed E-state index contributed by atoms with van der Waals surface area (Å²) in [6.07, 6.45) is 0. The minimum Gasteiger partial charge on any atom is -0.345 e. The standard InChI is InChI=1S/C10H16ClN3O/c1-7-5-8(14(4)13-7)9(15)12-10(2,3)6-11/h5H,6H2,1-4H3,(H,12,15). The van der Waals surface area contributed by atoms with Gasteiger partial charge in [0.25, 0.3) is 5.91 Å². The molecule has 0 bridgehead atoms. The topological polar surface area (TPSA) is 46.9 Å². The molecule has 0 atom stereocenters. The zero-order valence-corrected chi connectivity index (χ0v) is 10.2. The Kier molecular flexibility index (Phi) is 3.39. The first-order chi connectivity index (χ1) is 6.85. The number of nitrogens with one attached hydrogen (secondary N) is 1. The summed E-state index contributed by atoms with van der Waals surface area (Å²) in [6, 6.07) is 1.75. The molecule has 1 amide bonds. The highest BCUT2D eigenvalue weighted by Gasteiger charge is 2.21. The molecule has 0 saturated carbocycles. The Hall–Kier alpha value is -1.03. The molecule has 0 aliphatic heterocycles. The zero-order chi connectivity index (χ0) is 11.6. The maximum absolute atomic E-state index is 11.8. The Bertz CT molecular complexity index is 371. The first-order valence-electron chi connectivity index (χ1n) is 4.75. The predicted molar refractivity (Wildman–Crippen MR) is 60.2 cm³/mol. The van der Waals surface area contributed by atoms with E-state index in [0.717, 1.165) is 5.69 Å². The zero-order valence-electron chi connectivity index (χ0n) is 9.47. The Morgan fingerprint density at radius 3 is 2.67 bits per heavy atom. The van der Waals surface area contributed by atoms with E-state index in [1.807, 2.05) is 20.8 Å². The van der Waals surface area contributed by atoms with Crippen molar-refractivity contribution in [3.63, 3.8) is 0 Å². The van der Waals surface area contributed by atoms with Crippen molar-refractivity contribution in [3.8, 4) is 0 Å². The number of rotatable bonds is 3. The van der Waals surface area contributed by atoms with Crippen molar-refractivity contribution in [2.45, 2.75) is 26.3 Å². The molecular weight excluding hydrogens is 214 g/mol. The fourth-order valence-corrected chi connectivity index (χ4v) is 1.29. The maximum Gasteiger partial charge on any atom is 0.269 e. The highest BCUT2D eigenvalue weighted by atomic mass is 35.5. The summed E-state index contributed by atoms with van der Waals surface area (Å²) >= 11 is 5.73. The third kappa shape index (κ3) is 2.96. The second-order valence-electron chi connectivity index (χ2n) is 4.27. The van der Waals surface area contributed by atoms with E-state index in [-0.39, 0.29) is 5.91 Å². The van der Waals surface area contributed by atoms with Gasteiger partial charge in [0.1, 0.15) is 5.69 Å². The number of aryl methyl sites for hydroxylation is 2. The van der Waals surface area contributed by atoms with Crippen LogP contribution >= 0.6 is 11.6 Å². The van der Waals surface area contributed by atoms with Crippen LogP contribution < -0.4 is 5.32 Å². The van der Waals surface area contributed by atoms with E-state index in [1.165, 1.54) is 0 Å². The van der Waals surface area contributed by atoms with Gasteiger partial charge in [-0.25, -0.2) is 0 Å². The first-order valence-corrected chi connectivity index (χ1v) is 5.28. The normalized spacial score (nSPS) is 11.5. The van der Waals surface area contributed by atoms with Crippen LogP contribution in [0.15, 0.2) is 6.07 Å². The number of hydrogen-bond acceptors (Lipinski definition) is 2. The van der Waals surface area contributed by atoms with Crippen LogP contribution in [-0.4, -0.2) is 27.1 Å². The van der Waals surface area contributed by atoms with Gasteiger partial charge < -0.3 is 5.32 Å². The number of aromatic nitrogens is 2. The van der Waals surface area contributed by atoms with Crippen LogP contribution in [0.5, 0.6) is 0 Å². The van der Waals surface area contributed by atoms with Gasteiger partial charge >= 0.3 is 0 Å². The van der Waals surface area contributed by atoms with Gasteiger partial charge in [0.05, 0.1) is 5.69 Å². The average Bonchev–Trinajstić information content (AvgIpc) is 2.45. The Morgan fingerprint density at radius 1 is 1.67 bits per heavy atom. The number of amides is 1. The van der Waals surface area contributed by atoms with E-state index >= 15 is 0 Å². The molecule has 5 heteroatoms. The lowest BCUT2D eigenvalue weighted by molar-refractivity contribution is 0.0911. The monoisotopic (exact) mass is 229 g/mol. The molecule has 1 rings (SSSR count). The van der Waals surface area contributed by atoms with Gasteiger partial charge in [-0.3, -0.25) is 9.48 Å². The van der Waals surface area contributed by atoms with Crippen molar-refractivity contribution < 1.29 is 4.79 Å². The van der Waals surface area contributed by atoms with Crippen LogP contribution in [0.3, 0.4) is 0 Å². The van der Waals surface area contributed by atoms with E-state index in [4.69, 9.17) is 11.6 Å². The van der Waals surface area contributed by atoms with Crippen molar-refractivity contribution in [1.82, 2.24) is 15.1 Å². The molecule has 0 aliphatic rings. The summed E-state index contributed by atoms with van der Waals surface area (Å²) in [5.74, 6) is 0.221. The van der Waals surface area contributed by atoms with Crippen molar-refractivity contribution >= 4 is 17.5 Å². The van der Waals surface area contributed by atoms with E-state index in [9.17, 15) is 4.79 Å². The van der Waals surface area contributed by atoms with Crippen LogP contribution in [0.1, 0.15) is 30.0 Å². The van der Waals surface area contributed by atoms with Gasteiger partial charge in [0.15, 0.2) is 0 Å². The number of alkyl halides is 1. The van der Waals surface area contributed by atoms with Crippen molar-refractivity contribution in [1.29, 1.82) is 0 Å². The molecule has 1 aromatic rings. The summed E-state index contributed by atoms with van der Waals surface area (Å²) in [6.45, 7) is 5.60. The van der Waals surface area contributed by atoms with E-state index in [1.54, 1.807) is 17.8 Å². The lowest BCUT2D eigenvalue weighted by Gasteiger charge is -2.23. The van der Waals surface area contributed by atoms with Crippen molar-refractivity contribution in [3.05, 3.63) is 17.5 Å². The summed E-state index contributed by atoms with van der Waals surface area (Å²) in [4.78, 5) is 11.8. The third-order valence-corrected chi connectivity index (χ3v) is 2.69. The van der Waals surface area contributed by atoms with E-state index in [0.29, 0.717) is 11.6 Å².